The molecule has 2 aliphatic heterocycles. The van der Waals surface area contributed by atoms with Gasteiger partial charge >= 0.3 is 0 Å². The monoisotopic (exact) mass is 1180 g/mol. The van der Waals surface area contributed by atoms with Crippen molar-refractivity contribution in [3.63, 3.8) is 0 Å². The zero-order valence-corrected chi connectivity index (χ0v) is 50.6. The van der Waals surface area contributed by atoms with Crippen LogP contribution in [0.15, 0.2) is 243 Å². The average Bonchev–Trinajstić information content (AvgIpc) is 1.60. The second-order valence-corrected chi connectivity index (χ2v) is 24.7. The topological polar surface area (TPSA) is 108 Å². The largest absolute Gasteiger partial charge is 0.341 e. The molecule has 2 saturated heterocycles. The van der Waals surface area contributed by atoms with Gasteiger partial charge in [-0.3, -0.25) is 19.9 Å². The van der Waals surface area contributed by atoms with Crippen LogP contribution in [0.3, 0.4) is 0 Å². The lowest BCUT2D eigenvalue weighted by Crippen LogP contribution is -2.57. The van der Waals surface area contributed by atoms with Crippen LogP contribution in [0.1, 0.15) is 45.0 Å². The molecule has 10 heterocycles. The summed E-state index contributed by atoms with van der Waals surface area (Å²) in [7, 11) is 0. The summed E-state index contributed by atoms with van der Waals surface area (Å²) in [5.41, 5.74) is 19.4. The summed E-state index contributed by atoms with van der Waals surface area (Å²) in [5, 5.41) is 9.36. The van der Waals surface area contributed by atoms with Crippen LogP contribution in [0.4, 0.5) is 0 Å². The molecule has 0 radical (unpaired) electrons. The van der Waals surface area contributed by atoms with Crippen molar-refractivity contribution in [3.8, 4) is 22.7 Å². The van der Waals surface area contributed by atoms with Crippen LogP contribution in [0.25, 0.3) is 110 Å². The number of ether oxygens (including phenoxy) is 4. The minimum atomic E-state index is -1.31. The third kappa shape index (κ3) is 7.90. The zero-order valence-electron chi connectivity index (χ0n) is 50.6. The molecule has 8 aromatic heterocycles. The van der Waals surface area contributed by atoms with Crippen molar-refractivity contribution < 1.29 is 18.9 Å². The number of rotatable bonds is 8. The molecular formula is C79H60N8O4. The third-order valence-corrected chi connectivity index (χ3v) is 19.4. The summed E-state index contributed by atoms with van der Waals surface area (Å²) in [6, 6.07) is 77.2. The fraction of sp³-hybridized carbons (Fsp3) is 0.139. The quantitative estimate of drug-likeness (QED) is 0.148. The van der Waals surface area contributed by atoms with Gasteiger partial charge in [-0.1, -0.05) is 121 Å². The number of para-hydroxylation sites is 4. The molecule has 12 heteroatoms. The highest BCUT2D eigenvalue weighted by molar-refractivity contribution is 6.13. The molecule has 91 heavy (non-hydrogen) atoms. The molecule has 16 aromatic rings. The van der Waals surface area contributed by atoms with Gasteiger partial charge in [0.15, 0.2) is 0 Å². The van der Waals surface area contributed by atoms with Crippen LogP contribution in [0.2, 0.25) is 0 Å². The number of hydrogen-bond donors (Lipinski definition) is 0. The normalized spacial score (nSPS) is 15.6. The first-order chi connectivity index (χ1) is 44.7. The van der Waals surface area contributed by atoms with E-state index in [1.165, 1.54) is 21.5 Å². The van der Waals surface area contributed by atoms with Gasteiger partial charge in [0, 0.05) is 113 Å². The predicted molar refractivity (Wildman–Crippen MR) is 361 cm³/mol. The van der Waals surface area contributed by atoms with Crippen LogP contribution < -0.4 is 0 Å². The minimum absolute atomic E-state index is 0.280. The first-order valence-corrected chi connectivity index (χ1v) is 31.1. The van der Waals surface area contributed by atoms with Crippen LogP contribution >= 0.6 is 0 Å². The number of nitrogens with zero attached hydrogens (tertiary/aromatic N) is 8. The smallest absolute Gasteiger partial charge is 0.222 e. The van der Waals surface area contributed by atoms with E-state index in [1.807, 2.05) is 24.8 Å². The Hall–Kier alpha value is -10.6. The molecule has 18 rings (SSSR count). The van der Waals surface area contributed by atoms with Crippen LogP contribution in [-0.2, 0) is 30.5 Å². The fourth-order valence-corrected chi connectivity index (χ4v) is 15.0. The lowest BCUT2D eigenvalue weighted by atomic mass is 9.85. The second-order valence-electron chi connectivity index (χ2n) is 24.7. The van der Waals surface area contributed by atoms with Crippen molar-refractivity contribution in [2.45, 2.75) is 39.3 Å². The van der Waals surface area contributed by atoms with E-state index in [4.69, 9.17) is 38.9 Å². The van der Waals surface area contributed by atoms with Crippen molar-refractivity contribution in [3.05, 3.63) is 288 Å². The Morgan fingerprint density at radius 1 is 0.264 bits per heavy atom. The third-order valence-electron chi connectivity index (χ3n) is 19.4. The number of benzene rings is 8. The van der Waals surface area contributed by atoms with E-state index in [0.29, 0.717) is 0 Å². The molecule has 0 aliphatic carbocycles. The Morgan fingerprint density at radius 2 is 0.484 bits per heavy atom. The number of fused-ring (bicyclic) bond motifs is 12. The molecule has 1 spiro atoms. The van der Waals surface area contributed by atoms with Crippen LogP contribution in [0.5, 0.6) is 0 Å². The van der Waals surface area contributed by atoms with E-state index < -0.39 is 17.0 Å². The molecule has 8 aromatic carbocycles. The second kappa shape index (κ2) is 20.2. The van der Waals surface area contributed by atoms with E-state index in [-0.39, 0.29) is 26.4 Å². The van der Waals surface area contributed by atoms with Gasteiger partial charge in [0.2, 0.25) is 11.6 Å². The first kappa shape index (κ1) is 53.4. The molecule has 0 saturated carbocycles. The molecule has 440 valence electrons. The highest BCUT2D eigenvalue weighted by Crippen LogP contribution is 2.49. The van der Waals surface area contributed by atoms with Crippen molar-refractivity contribution >= 4 is 87.2 Å². The van der Waals surface area contributed by atoms with E-state index >= 15 is 0 Å². The Balaban J connectivity index is 0.727. The molecule has 0 atom stereocenters. The average molecular weight is 1190 g/mol. The zero-order chi connectivity index (χ0) is 60.7. The van der Waals surface area contributed by atoms with Crippen molar-refractivity contribution in [2.24, 2.45) is 5.41 Å². The highest BCUT2D eigenvalue weighted by Gasteiger charge is 2.53. The van der Waals surface area contributed by atoms with E-state index in [0.717, 1.165) is 133 Å². The van der Waals surface area contributed by atoms with Gasteiger partial charge < -0.3 is 37.2 Å². The maximum absolute atomic E-state index is 7.43. The Bertz CT molecular complexity index is 4910. The number of hydrogen-bond acceptors (Lipinski definition) is 8. The van der Waals surface area contributed by atoms with Gasteiger partial charge in [-0.2, -0.15) is 0 Å². The molecule has 12 nitrogen and oxygen atoms in total. The van der Waals surface area contributed by atoms with Gasteiger partial charge in [0.05, 0.1) is 98.8 Å². The number of aromatic nitrogens is 8. The summed E-state index contributed by atoms with van der Waals surface area (Å²) in [6.45, 7) is 9.43. The summed E-state index contributed by atoms with van der Waals surface area (Å²) in [6.07, 6.45) is 7.58. The van der Waals surface area contributed by atoms with Crippen molar-refractivity contribution in [1.82, 2.24) is 38.2 Å². The Morgan fingerprint density at radius 3 is 0.714 bits per heavy atom. The Labute approximate surface area is 523 Å². The summed E-state index contributed by atoms with van der Waals surface area (Å²) < 4.78 is 39.0. The van der Waals surface area contributed by atoms with Gasteiger partial charge in [-0.05, 0) is 125 Å². The van der Waals surface area contributed by atoms with Gasteiger partial charge in [0.25, 0.3) is 0 Å². The van der Waals surface area contributed by atoms with Gasteiger partial charge in [0.1, 0.15) is 0 Å². The van der Waals surface area contributed by atoms with Gasteiger partial charge in [-0.25, -0.2) is 0 Å². The molecule has 2 aliphatic rings. The lowest BCUT2D eigenvalue weighted by Gasteiger charge is -2.51. The molecule has 0 unspecified atom stereocenters. The molecule has 0 N–H and O–H groups in total. The summed E-state index contributed by atoms with van der Waals surface area (Å²) in [4.78, 5) is 19.0. The lowest BCUT2D eigenvalue weighted by molar-refractivity contribution is -0.357. The maximum atomic E-state index is 7.43. The molecule has 0 bridgehead atoms. The van der Waals surface area contributed by atoms with Crippen LogP contribution in [-0.4, -0.2) is 64.6 Å². The molecule has 0 amide bonds. The predicted octanol–water partition coefficient (Wildman–Crippen LogP) is 17.1. The fourth-order valence-electron chi connectivity index (χ4n) is 15.0. The SMILES string of the molecule is Cc1nccc2c3ccccc3n(-c3ccc(C4(c5ccc(-n6c7ccccc7c7ccnc(C)c76)cc5)OCC5(CO4)COC(c4ccc(-n6c7ccccc7c7ccnc(C)c76)cc4)(c4ccc(-n6c7ccccc7c7ccnc(C)c76)cc4)OC5)cc3)c12. The summed E-state index contributed by atoms with van der Waals surface area (Å²) >= 11 is 0. The maximum Gasteiger partial charge on any atom is 0.222 e. The minimum Gasteiger partial charge on any atom is -0.341 e. The summed E-state index contributed by atoms with van der Waals surface area (Å²) in [5.74, 6) is -2.61. The molecule has 2 fully saturated rings. The molecular weight excluding hydrogens is 1120 g/mol. The van der Waals surface area contributed by atoms with Crippen molar-refractivity contribution in [2.75, 3.05) is 26.4 Å². The first-order valence-electron chi connectivity index (χ1n) is 31.1. The van der Waals surface area contributed by atoms with E-state index in [1.54, 1.807) is 0 Å². The number of pyridine rings is 4. The van der Waals surface area contributed by atoms with Crippen LogP contribution in [0, 0.1) is 33.1 Å². The van der Waals surface area contributed by atoms with E-state index in [2.05, 4.69) is 264 Å². The standard InChI is InChI=1S/C79H60N8O4/c1-49-73-65(37-41-80-49)61-13-5-9-17-69(61)84(73)57-29-21-53(22-30-57)78(54-23-31-58(32-24-54)85-70-18-10-6-14-62(70)66-38-42-81-50(2)74(66)85)88-45-77(46-89-78)47-90-79(91-48-77,55-25-33-59(34-26-55)86-71-19-11-7-15-63(71)67-39-43-82-51(3)75(67)86)56-27-35-60(36-28-56)87-72-20-12-8-16-64(72)68-40-44-83-52(4)76(68)87/h5-44H,45-48H2,1-4H3. The van der Waals surface area contributed by atoms with Gasteiger partial charge in [-0.15, -0.1) is 0 Å². The Kier molecular flexibility index (Phi) is 11.9. The highest BCUT2D eigenvalue weighted by atomic mass is 16.7. The van der Waals surface area contributed by atoms with E-state index in [9.17, 15) is 0 Å². The number of aryl methyl sites for hydroxylation is 4. The van der Waals surface area contributed by atoms with Crippen molar-refractivity contribution in [1.29, 1.82) is 0 Å².